The van der Waals surface area contributed by atoms with Crippen LogP contribution >= 0.6 is 11.3 Å². The summed E-state index contributed by atoms with van der Waals surface area (Å²) in [5, 5.41) is 7.41. The van der Waals surface area contributed by atoms with Crippen LogP contribution in [-0.4, -0.2) is 0 Å². The Kier molecular flexibility index (Phi) is 7.39. The molecular weight excluding hydrogens is 687 g/mol. The number of nitrogens with zero attached hydrogens (tertiary/aromatic N) is 1. The molecule has 3 heteroatoms. The van der Waals surface area contributed by atoms with Gasteiger partial charge in [-0.2, -0.15) is 0 Å². The van der Waals surface area contributed by atoms with Crippen LogP contribution in [0.2, 0.25) is 0 Å². The molecule has 0 aliphatic heterocycles. The molecule has 0 aliphatic carbocycles. The van der Waals surface area contributed by atoms with Crippen molar-refractivity contribution in [3.63, 3.8) is 0 Å². The summed E-state index contributed by atoms with van der Waals surface area (Å²) in [7, 11) is 0. The standard InChI is InChI=1S/C52H33NOS/c1-2-14-42-35(10-1)11-8-17-43(42)38-12-7-13-41(32-38)53(39-27-22-34(23-28-39)37-26-31-46-45-15-4-6-21-50(45)55-51(46)33-37)40-29-24-36(25-30-40)44-18-9-20-49-52(44)47-16-3-5-19-48(47)54-49/h1-33H. The Hall–Kier alpha value is -6.94. The number of rotatable bonds is 6. The Morgan fingerprint density at radius 3 is 1.82 bits per heavy atom. The van der Waals surface area contributed by atoms with Crippen molar-refractivity contribution in [3.8, 4) is 33.4 Å². The summed E-state index contributed by atoms with van der Waals surface area (Å²) >= 11 is 1.86. The maximum Gasteiger partial charge on any atom is 0.136 e. The van der Waals surface area contributed by atoms with Crippen molar-refractivity contribution in [1.29, 1.82) is 0 Å². The number of furan rings is 1. The molecule has 0 saturated heterocycles. The van der Waals surface area contributed by atoms with E-state index in [1.807, 2.05) is 23.5 Å². The minimum Gasteiger partial charge on any atom is -0.456 e. The number of hydrogen-bond donors (Lipinski definition) is 0. The minimum atomic E-state index is 0.904. The second-order valence-electron chi connectivity index (χ2n) is 14.1. The van der Waals surface area contributed by atoms with E-state index in [0.717, 1.165) is 44.6 Å². The van der Waals surface area contributed by atoms with Crippen molar-refractivity contribution in [2.75, 3.05) is 4.90 Å². The van der Waals surface area contributed by atoms with Gasteiger partial charge in [0.2, 0.25) is 0 Å². The second-order valence-corrected chi connectivity index (χ2v) is 15.2. The molecule has 11 rings (SSSR count). The highest BCUT2D eigenvalue weighted by Crippen LogP contribution is 2.42. The van der Waals surface area contributed by atoms with Crippen LogP contribution in [0.5, 0.6) is 0 Å². The molecule has 0 fully saturated rings. The fourth-order valence-electron chi connectivity index (χ4n) is 8.25. The van der Waals surface area contributed by atoms with Gasteiger partial charge in [0.1, 0.15) is 11.2 Å². The van der Waals surface area contributed by atoms with E-state index < -0.39 is 0 Å². The van der Waals surface area contributed by atoms with Crippen LogP contribution in [0.1, 0.15) is 0 Å². The predicted octanol–water partition coefficient (Wildman–Crippen LogP) is 15.6. The monoisotopic (exact) mass is 719 g/mol. The molecule has 11 aromatic rings. The number of thiophene rings is 1. The van der Waals surface area contributed by atoms with E-state index in [4.69, 9.17) is 4.42 Å². The molecule has 2 aromatic heterocycles. The maximum atomic E-state index is 6.24. The molecule has 0 unspecified atom stereocenters. The third-order valence-corrected chi connectivity index (χ3v) is 12.0. The summed E-state index contributed by atoms with van der Waals surface area (Å²) in [6, 6.07) is 72.2. The summed E-state index contributed by atoms with van der Waals surface area (Å²) in [6.45, 7) is 0. The third kappa shape index (κ3) is 5.40. The summed E-state index contributed by atoms with van der Waals surface area (Å²) in [5.41, 5.74) is 12.2. The molecule has 0 amide bonds. The maximum absolute atomic E-state index is 6.24. The summed E-state index contributed by atoms with van der Waals surface area (Å²) in [4.78, 5) is 2.37. The van der Waals surface area contributed by atoms with Crippen molar-refractivity contribution in [2.45, 2.75) is 0 Å². The van der Waals surface area contributed by atoms with Gasteiger partial charge in [0.25, 0.3) is 0 Å². The van der Waals surface area contributed by atoms with Gasteiger partial charge >= 0.3 is 0 Å². The van der Waals surface area contributed by atoms with Crippen molar-refractivity contribution in [3.05, 3.63) is 200 Å². The molecule has 0 radical (unpaired) electrons. The lowest BCUT2D eigenvalue weighted by molar-refractivity contribution is 0.669. The molecule has 2 nitrogen and oxygen atoms in total. The molecule has 258 valence electrons. The first-order valence-corrected chi connectivity index (χ1v) is 19.5. The van der Waals surface area contributed by atoms with Gasteiger partial charge in [0.05, 0.1) is 0 Å². The zero-order valence-corrected chi connectivity index (χ0v) is 30.6. The van der Waals surface area contributed by atoms with Gasteiger partial charge in [-0.05, 0) is 105 Å². The van der Waals surface area contributed by atoms with Crippen LogP contribution in [0.15, 0.2) is 205 Å². The highest BCUT2D eigenvalue weighted by atomic mass is 32.1. The fourth-order valence-corrected chi connectivity index (χ4v) is 9.40. The van der Waals surface area contributed by atoms with Gasteiger partial charge in [0, 0.05) is 48.0 Å². The summed E-state index contributed by atoms with van der Waals surface area (Å²) in [6.07, 6.45) is 0. The van der Waals surface area contributed by atoms with Gasteiger partial charge in [-0.3, -0.25) is 0 Å². The van der Waals surface area contributed by atoms with E-state index >= 15 is 0 Å². The fraction of sp³-hybridized carbons (Fsp3) is 0. The number of hydrogen-bond acceptors (Lipinski definition) is 3. The van der Waals surface area contributed by atoms with Crippen LogP contribution in [0, 0.1) is 0 Å². The van der Waals surface area contributed by atoms with Crippen LogP contribution < -0.4 is 4.90 Å². The molecule has 0 saturated carbocycles. The molecule has 2 heterocycles. The summed E-state index contributed by atoms with van der Waals surface area (Å²) in [5.74, 6) is 0. The van der Waals surface area contributed by atoms with Gasteiger partial charge < -0.3 is 9.32 Å². The first-order chi connectivity index (χ1) is 27.2. The highest BCUT2D eigenvalue weighted by molar-refractivity contribution is 7.25. The topological polar surface area (TPSA) is 16.4 Å². The molecule has 0 atom stereocenters. The molecule has 0 N–H and O–H groups in total. The Labute approximate surface area is 322 Å². The average Bonchev–Trinajstić information content (AvgIpc) is 3.82. The Morgan fingerprint density at radius 2 is 0.964 bits per heavy atom. The van der Waals surface area contributed by atoms with Gasteiger partial charge in [-0.15, -0.1) is 11.3 Å². The van der Waals surface area contributed by atoms with Gasteiger partial charge in [-0.1, -0.05) is 140 Å². The Bertz CT molecular complexity index is 3200. The van der Waals surface area contributed by atoms with Gasteiger partial charge in [-0.25, -0.2) is 0 Å². The lowest BCUT2D eigenvalue weighted by Gasteiger charge is -2.26. The van der Waals surface area contributed by atoms with Crippen LogP contribution in [0.3, 0.4) is 0 Å². The average molecular weight is 720 g/mol. The lowest BCUT2D eigenvalue weighted by atomic mass is 9.97. The largest absolute Gasteiger partial charge is 0.456 e. The van der Waals surface area contributed by atoms with E-state index in [2.05, 4.69) is 193 Å². The predicted molar refractivity (Wildman–Crippen MR) is 235 cm³/mol. The number of fused-ring (bicyclic) bond motifs is 7. The van der Waals surface area contributed by atoms with Crippen LogP contribution in [0.4, 0.5) is 17.1 Å². The molecule has 9 aromatic carbocycles. The zero-order chi connectivity index (χ0) is 36.3. The lowest BCUT2D eigenvalue weighted by Crippen LogP contribution is -2.10. The number of benzene rings is 9. The van der Waals surface area contributed by atoms with Crippen molar-refractivity contribution in [2.24, 2.45) is 0 Å². The van der Waals surface area contributed by atoms with Crippen molar-refractivity contribution in [1.82, 2.24) is 0 Å². The van der Waals surface area contributed by atoms with E-state index in [1.54, 1.807) is 0 Å². The molecular formula is C52H33NOS. The smallest absolute Gasteiger partial charge is 0.136 e. The SMILES string of the molecule is c1cc(-c2cccc3ccccc23)cc(N(c2ccc(-c3ccc4c(c3)sc3ccccc34)cc2)c2ccc(-c3cccc4oc5ccccc5c34)cc2)c1. The van der Waals surface area contributed by atoms with Gasteiger partial charge in [0.15, 0.2) is 0 Å². The number of anilines is 3. The van der Waals surface area contributed by atoms with E-state index in [9.17, 15) is 0 Å². The highest BCUT2D eigenvalue weighted by Gasteiger charge is 2.17. The minimum absolute atomic E-state index is 0.904. The molecule has 55 heavy (non-hydrogen) atoms. The normalized spacial score (nSPS) is 11.6. The molecule has 0 aliphatic rings. The quantitative estimate of drug-likeness (QED) is 0.170. The van der Waals surface area contributed by atoms with E-state index in [-0.39, 0.29) is 0 Å². The summed E-state index contributed by atoms with van der Waals surface area (Å²) < 4.78 is 8.88. The number of para-hydroxylation sites is 1. The molecule has 0 bridgehead atoms. The van der Waals surface area contributed by atoms with Crippen molar-refractivity contribution < 1.29 is 4.42 Å². The van der Waals surface area contributed by atoms with Crippen LogP contribution in [-0.2, 0) is 0 Å². The first kappa shape index (κ1) is 31.6. The first-order valence-electron chi connectivity index (χ1n) is 18.7. The second kappa shape index (κ2) is 12.9. The van der Waals surface area contributed by atoms with Crippen molar-refractivity contribution >= 4 is 81.3 Å². The Balaban J connectivity index is 1.02. The zero-order valence-electron chi connectivity index (χ0n) is 29.8. The molecule has 0 spiro atoms. The third-order valence-electron chi connectivity index (χ3n) is 10.9. The van der Waals surface area contributed by atoms with E-state index in [1.165, 1.54) is 58.8 Å². The van der Waals surface area contributed by atoms with Crippen LogP contribution in [0.25, 0.3) is 86.3 Å². The Morgan fingerprint density at radius 1 is 0.345 bits per heavy atom. The van der Waals surface area contributed by atoms with E-state index in [0.29, 0.717) is 0 Å².